The smallest absolute Gasteiger partial charge is 0.270 e. The highest BCUT2D eigenvalue weighted by Crippen LogP contribution is 2.23. The van der Waals surface area contributed by atoms with Crippen LogP contribution in [0.5, 0.6) is 0 Å². The van der Waals surface area contributed by atoms with Gasteiger partial charge in [-0.1, -0.05) is 11.6 Å². The number of nitro benzene ring substituents is 1. The van der Waals surface area contributed by atoms with Crippen LogP contribution in [0.2, 0.25) is 5.02 Å². The number of non-ortho nitro benzene ring substituents is 1. The zero-order valence-corrected chi connectivity index (χ0v) is 12.7. The average molecular weight is 345 g/mol. The van der Waals surface area contributed by atoms with E-state index in [1.807, 2.05) is 0 Å². The molecule has 0 aliphatic carbocycles. The molecule has 120 valence electrons. The van der Waals surface area contributed by atoms with Crippen molar-refractivity contribution in [3.8, 4) is 5.82 Å². The highest BCUT2D eigenvalue weighted by molar-refractivity contribution is 6.34. The Labute approximate surface area is 140 Å². The molecule has 0 spiro atoms. The van der Waals surface area contributed by atoms with Crippen LogP contribution in [0, 0.1) is 10.1 Å². The molecule has 0 fully saturated rings. The van der Waals surface area contributed by atoms with Crippen LogP contribution in [0.25, 0.3) is 5.82 Å². The molecule has 0 unspecified atom stereocenters. The molecule has 3 rings (SSSR count). The average Bonchev–Trinajstić information content (AvgIpc) is 3.09. The first-order valence-corrected chi connectivity index (χ1v) is 7.00. The van der Waals surface area contributed by atoms with Gasteiger partial charge in [-0.15, -0.1) is 0 Å². The van der Waals surface area contributed by atoms with E-state index in [1.165, 1.54) is 29.2 Å². The Morgan fingerprint density at radius 3 is 2.83 bits per heavy atom. The summed E-state index contributed by atoms with van der Waals surface area (Å²) < 4.78 is 1.50. The van der Waals surface area contributed by atoms with E-state index in [4.69, 9.17) is 11.6 Å². The van der Waals surface area contributed by atoms with Gasteiger partial charge in [0.1, 0.15) is 12.1 Å². The van der Waals surface area contributed by atoms with Crippen molar-refractivity contribution in [3.05, 3.63) is 69.8 Å². The first-order chi connectivity index (χ1) is 11.5. The molecular weight excluding hydrogens is 336 g/mol. The molecular formula is C14H9ClN6O3. The Kier molecular flexibility index (Phi) is 4.17. The Morgan fingerprint density at radius 2 is 2.12 bits per heavy atom. The minimum absolute atomic E-state index is 0.0230. The summed E-state index contributed by atoms with van der Waals surface area (Å²) in [6, 6.07) is 6.86. The first-order valence-electron chi connectivity index (χ1n) is 6.62. The third-order valence-corrected chi connectivity index (χ3v) is 3.37. The number of nitrogens with one attached hydrogen (secondary N) is 1. The van der Waals surface area contributed by atoms with Crippen LogP contribution >= 0.6 is 11.6 Å². The Morgan fingerprint density at radius 1 is 1.29 bits per heavy atom. The Hall–Kier alpha value is -3.33. The van der Waals surface area contributed by atoms with Crippen molar-refractivity contribution in [2.75, 3.05) is 5.32 Å². The maximum absolute atomic E-state index is 12.3. The van der Waals surface area contributed by atoms with Gasteiger partial charge in [-0.3, -0.25) is 14.9 Å². The molecule has 10 heteroatoms. The predicted molar refractivity (Wildman–Crippen MR) is 85.2 cm³/mol. The van der Waals surface area contributed by atoms with Gasteiger partial charge in [0.2, 0.25) is 0 Å². The number of carbonyl (C=O) groups is 1. The van der Waals surface area contributed by atoms with Crippen molar-refractivity contribution in [1.29, 1.82) is 0 Å². The quantitative estimate of drug-likeness (QED) is 0.574. The molecule has 2 aromatic heterocycles. The van der Waals surface area contributed by atoms with Crippen molar-refractivity contribution < 1.29 is 9.72 Å². The third-order valence-electron chi connectivity index (χ3n) is 3.04. The lowest BCUT2D eigenvalue weighted by molar-refractivity contribution is -0.384. The fourth-order valence-electron chi connectivity index (χ4n) is 1.93. The number of hydrogen-bond donors (Lipinski definition) is 1. The maximum Gasteiger partial charge on any atom is 0.270 e. The minimum atomic E-state index is -0.617. The van der Waals surface area contributed by atoms with Gasteiger partial charge < -0.3 is 5.32 Å². The molecule has 0 saturated carbocycles. The van der Waals surface area contributed by atoms with E-state index in [-0.39, 0.29) is 22.1 Å². The van der Waals surface area contributed by atoms with E-state index >= 15 is 0 Å². The van der Waals surface area contributed by atoms with Crippen LogP contribution in [-0.2, 0) is 0 Å². The molecule has 1 aromatic carbocycles. The first kappa shape index (κ1) is 15.6. The molecule has 0 aliphatic heterocycles. The molecule has 24 heavy (non-hydrogen) atoms. The zero-order chi connectivity index (χ0) is 17.1. The largest absolute Gasteiger partial charge is 0.306 e. The number of nitrogens with zero attached hydrogens (tertiary/aromatic N) is 5. The van der Waals surface area contributed by atoms with Gasteiger partial charge in [0, 0.05) is 30.6 Å². The Bertz CT molecular complexity index is 913. The maximum atomic E-state index is 12.3. The number of nitro groups is 1. The van der Waals surface area contributed by atoms with Crippen molar-refractivity contribution in [2.45, 2.75) is 0 Å². The summed E-state index contributed by atoms with van der Waals surface area (Å²) in [5, 5.41) is 17.5. The van der Waals surface area contributed by atoms with E-state index in [1.54, 1.807) is 18.5 Å². The lowest BCUT2D eigenvalue weighted by Gasteiger charge is -2.07. The monoisotopic (exact) mass is 344 g/mol. The molecule has 0 bridgehead atoms. The summed E-state index contributed by atoms with van der Waals surface area (Å²) in [6.07, 6.45) is 4.54. The van der Waals surface area contributed by atoms with Gasteiger partial charge in [-0.2, -0.15) is 5.10 Å². The van der Waals surface area contributed by atoms with Crippen LogP contribution in [-0.4, -0.2) is 30.6 Å². The molecule has 0 aliphatic rings. The minimum Gasteiger partial charge on any atom is -0.306 e. The van der Waals surface area contributed by atoms with E-state index in [0.717, 1.165) is 6.07 Å². The normalized spacial score (nSPS) is 10.4. The molecule has 1 N–H and O–H groups in total. The van der Waals surface area contributed by atoms with Gasteiger partial charge in [-0.05, 0) is 12.1 Å². The van der Waals surface area contributed by atoms with E-state index in [0.29, 0.717) is 5.82 Å². The lowest BCUT2D eigenvalue weighted by Crippen LogP contribution is -2.14. The number of amides is 1. The number of aromatic nitrogens is 4. The molecule has 3 aromatic rings. The third kappa shape index (κ3) is 3.20. The second-order valence-electron chi connectivity index (χ2n) is 4.59. The summed E-state index contributed by atoms with van der Waals surface area (Å²) in [5.74, 6) is 0.0485. The number of anilines is 1. The number of hydrogen-bond acceptors (Lipinski definition) is 6. The molecule has 9 nitrogen and oxygen atoms in total. The number of halogens is 1. The van der Waals surface area contributed by atoms with Crippen molar-refractivity contribution >= 4 is 29.0 Å². The van der Waals surface area contributed by atoms with Crippen LogP contribution in [0.4, 0.5) is 11.5 Å². The fraction of sp³-hybridized carbons (Fsp3) is 0. The summed E-state index contributed by atoms with van der Waals surface area (Å²) in [4.78, 5) is 30.5. The van der Waals surface area contributed by atoms with Crippen LogP contribution in [0.15, 0.2) is 49.1 Å². The Balaban J connectivity index is 1.87. The van der Waals surface area contributed by atoms with E-state index in [2.05, 4.69) is 20.4 Å². The summed E-state index contributed by atoms with van der Waals surface area (Å²) in [6.45, 7) is 0. The van der Waals surface area contributed by atoms with Gasteiger partial charge >= 0.3 is 0 Å². The van der Waals surface area contributed by atoms with Gasteiger partial charge in [0.25, 0.3) is 11.6 Å². The molecule has 0 atom stereocenters. The molecule has 2 heterocycles. The SMILES string of the molecule is O=C(Nc1cc(-n2cccn2)ncn1)c1cc([N+](=O)[O-])ccc1Cl. The second kappa shape index (κ2) is 6.42. The predicted octanol–water partition coefficient (Wildman–Crippen LogP) is 2.48. The number of benzene rings is 1. The molecule has 1 amide bonds. The topological polar surface area (TPSA) is 116 Å². The summed E-state index contributed by atoms with van der Waals surface area (Å²) in [7, 11) is 0. The van der Waals surface area contributed by atoms with E-state index in [9.17, 15) is 14.9 Å². The number of carbonyl (C=O) groups excluding carboxylic acids is 1. The summed E-state index contributed by atoms with van der Waals surface area (Å²) in [5.41, 5.74) is -0.255. The highest BCUT2D eigenvalue weighted by Gasteiger charge is 2.16. The van der Waals surface area contributed by atoms with Crippen molar-refractivity contribution in [3.63, 3.8) is 0 Å². The van der Waals surface area contributed by atoms with Crippen LogP contribution < -0.4 is 5.32 Å². The molecule has 0 radical (unpaired) electrons. The molecule has 0 saturated heterocycles. The number of rotatable bonds is 4. The fourth-order valence-corrected chi connectivity index (χ4v) is 2.13. The van der Waals surface area contributed by atoms with Crippen LogP contribution in [0.3, 0.4) is 0 Å². The second-order valence-corrected chi connectivity index (χ2v) is 4.99. The van der Waals surface area contributed by atoms with E-state index < -0.39 is 10.8 Å². The van der Waals surface area contributed by atoms with Crippen molar-refractivity contribution in [2.24, 2.45) is 0 Å². The van der Waals surface area contributed by atoms with Gasteiger partial charge in [0.15, 0.2) is 5.82 Å². The van der Waals surface area contributed by atoms with Crippen LogP contribution in [0.1, 0.15) is 10.4 Å². The van der Waals surface area contributed by atoms with Crippen molar-refractivity contribution in [1.82, 2.24) is 19.7 Å². The van der Waals surface area contributed by atoms with Gasteiger partial charge in [-0.25, -0.2) is 14.6 Å². The lowest BCUT2D eigenvalue weighted by atomic mass is 10.2. The highest BCUT2D eigenvalue weighted by atomic mass is 35.5. The summed E-state index contributed by atoms with van der Waals surface area (Å²) >= 11 is 5.94. The zero-order valence-electron chi connectivity index (χ0n) is 12.0. The van der Waals surface area contributed by atoms with Gasteiger partial charge in [0.05, 0.1) is 15.5 Å². The standard InChI is InChI=1S/C14H9ClN6O3/c15-11-3-2-9(21(23)24)6-10(11)14(22)19-12-7-13(17-8-16-12)20-5-1-4-18-20/h1-8H,(H,16,17,19,22).